The van der Waals surface area contributed by atoms with E-state index in [0.29, 0.717) is 0 Å². The van der Waals surface area contributed by atoms with Gasteiger partial charge in [0, 0.05) is 0 Å². The fourth-order valence-electron chi connectivity index (χ4n) is 0. The third kappa shape index (κ3) is 438. The molecule has 0 atom stereocenters. The van der Waals surface area contributed by atoms with Gasteiger partial charge in [-0.3, -0.25) is 4.21 Å². The first-order valence-corrected chi connectivity index (χ1v) is 2.49. The first kappa shape index (κ1) is 22.5. The largest absolute Gasteiger partial charge is 1.00 e. The van der Waals surface area contributed by atoms with Crippen LogP contribution < -0.4 is 37.7 Å². The van der Waals surface area contributed by atoms with E-state index in [2.05, 4.69) is 6.58 Å². The maximum atomic E-state index is 8.44. The van der Waals surface area contributed by atoms with Crippen molar-refractivity contribution in [3.63, 3.8) is 0 Å². The monoisotopic (exact) mass is 136 g/mol. The average Bonchev–Trinajstić information content (AvgIpc) is 1.33. The van der Waals surface area contributed by atoms with E-state index in [1.54, 1.807) is 6.08 Å². The first-order chi connectivity index (χ1) is 3.15. The minimum absolute atomic E-state index is 0. The predicted molar refractivity (Wildman–Crippen MR) is 25.6 cm³/mol. The topological polar surface area (TPSA) is 63.2 Å². The molecule has 0 rings (SSSR count). The summed E-state index contributed by atoms with van der Waals surface area (Å²) in [4.78, 5) is 0. The summed E-state index contributed by atoms with van der Waals surface area (Å²) in [5.41, 5.74) is 0. The molecule has 0 amide bonds. The smallest absolute Gasteiger partial charge is 0.784 e. The van der Waals surface area contributed by atoms with Crippen LogP contribution in [-0.2, 0) is 11.4 Å². The van der Waals surface area contributed by atoms with Gasteiger partial charge in [0.1, 0.15) is 0 Å². The molecular weight excluding hydrogens is 130 g/mol. The molecule has 0 aliphatic heterocycles. The fraction of sp³-hybridized carbons (Fsp3) is 0.333. The molecule has 0 fully saturated rings. The maximum Gasteiger partial charge on any atom is 1.00 e. The van der Waals surface area contributed by atoms with Gasteiger partial charge >= 0.3 is 37.7 Å². The molecule has 6 heteroatoms. The molecule has 0 bridgehead atoms. The third-order valence-electron chi connectivity index (χ3n) is 0. The second kappa shape index (κ2) is 23.0. The molecule has 0 N–H and O–H groups in total. The molecule has 0 aromatic carbocycles. The Labute approximate surface area is 81.8 Å². The Kier molecular flexibility index (Phi) is 57.6. The zero-order valence-electron chi connectivity index (χ0n) is 5.92. The summed E-state index contributed by atoms with van der Waals surface area (Å²) in [5.74, 6) is 0. The van der Waals surface area contributed by atoms with Crippen molar-refractivity contribution in [3.8, 4) is 0 Å². The minimum atomic E-state index is -3.11. The van der Waals surface area contributed by atoms with Gasteiger partial charge in [-0.1, -0.05) is 6.08 Å². The van der Waals surface area contributed by atoms with Crippen molar-refractivity contribution in [2.24, 2.45) is 0 Å². The molecule has 0 unspecified atom stereocenters. The van der Waals surface area contributed by atoms with Crippen LogP contribution >= 0.6 is 0 Å². The molecule has 0 saturated carbocycles. The number of allylic oxidation sites excluding steroid dienone is 1. The molecule has 0 spiro atoms. The van der Waals surface area contributed by atoms with Crippen LogP contribution in [0, 0.1) is 0 Å². The van der Waals surface area contributed by atoms with Crippen LogP contribution in [0.2, 0.25) is 0 Å². The molecule has 9 heavy (non-hydrogen) atoms. The summed E-state index contributed by atoms with van der Waals surface area (Å²) in [7, 11) is 0. The van der Waals surface area contributed by atoms with E-state index in [-0.39, 0.29) is 37.7 Å². The second-order valence-corrected chi connectivity index (χ2v) is 1.02. The number of hydrogen-bond donors (Lipinski definition) is 0. The first-order valence-electron chi connectivity index (χ1n) is 1.49. The summed E-state index contributed by atoms with van der Waals surface area (Å²) in [6.45, 7) is 5.25. The van der Waals surface area contributed by atoms with Crippen LogP contribution in [0.15, 0.2) is 12.7 Å². The molecule has 0 saturated heterocycles. The van der Waals surface area contributed by atoms with Gasteiger partial charge in [0.25, 0.3) is 0 Å². The van der Waals surface area contributed by atoms with Crippen LogP contribution in [-0.4, -0.2) is 13.3 Å². The standard InChI is InChI=1S/C3H6.2Li.H2O3S/c1-3-2;;;1-4(2)3/h3H,1H2,2H3;;;(H2,1,2,3)/q;2*+1;/p-2. The van der Waals surface area contributed by atoms with Gasteiger partial charge in [0.15, 0.2) is 0 Å². The molecule has 44 valence electrons. The maximum absolute atomic E-state index is 8.44. The van der Waals surface area contributed by atoms with E-state index in [9.17, 15) is 0 Å². The predicted octanol–water partition coefficient (Wildman–Crippen LogP) is -5.80. The molecule has 0 aliphatic carbocycles. The summed E-state index contributed by atoms with van der Waals surface area (Å²) in [5, 5.41) is 0. The molecule has 0 aromatic heterocycles. The van der Waals surface area contributed by atoms with Crippen LogP contribution in [0.25, 0.3) is 0 Å². The summed E-state index contributed by atoms with van der Waals surface area (Å²) >= 11 is -3.11. The third-order valence-corrected chi connectivity index (χ3v) is 0. The van der Waals surface area contributed by atoms with E-state index in [1.165, 1.54) is 0 Å². The van der Waals surface area contributed by atoms with E-state index in [0.717, 1.165) is 0 Å². The van der Waals surface area contributed by atoms with Gasteiger partial charge in [-0.25, -0.2) is 0 Å². The van der Waals surface area contributed by atoms with Crippen molar-refractivity contribution in [2.45, 2.75) is 6.92 Å². The van der Waals surface area contributed by atoms with Crippen molar-refractivity contribution in [3.05, 3.63) is 12.7 Å². The summed E-state index contributed by atoms with van der Waals surface area (Å²) < 4.78 is 25.3. The molecular formula is C3H6Li2O3S. The van der Waals surface area contributed by atoms with E-state index >= 15 is 0 Å². The van der Waals surface area contributed by atoms with Gasteiger partial charge in [0.05, 0.1) is 0 Å². The van der Waals surface area contributed by atoms with Crippen LogP contribution in [0.3, 0.4) is 0 Å². The van der Waals surface area contributed by atoms with Crippen molar-refractivity contribution >= 4 is 11.4 Å². The van der Waals surface area contributed by atoms with Crippen molar-refractivity contribution in [2.75, 3.05) is 0 Å². The van der Waals surface area contributed by atoms with Crippen LogP contribution in [0.1, 0.15) is 6.92 Å². The molecule has 0 heterocycles. The van der Waals surface area contributed by atoms with E-state index in [1.807, 2.05) is 6.92 Å². The SMILES string of the molecule is C=CC.O=S([O-])[O-].[Li+].[Li+]. The van der Waals surface area contributed by atoms with E-state index in [4.69, 9.17) is 13.3 Å². The van der Waals surface area contributed by atoms with Crippen LogP contribution in [0.4, 0.5) is 0 Å². The van der Waals surface area contributed by atoms with Gasteiger partial charge < -0.3 is 9.11 Å². The van der Waals surface area contributed by atoms with Crippen molar-refractivity contribution < 1.29 is 51.0 Å². The van der Waals surface area contributed by atoms with Gasteiger partial charge in [-0.15, -0.1) is 17.9 Å². The van der Waals surface area contributed by atoms with Gasteiger partial charge in [-0.2, -0.15) is 0 Å². The van der Waals surface area contributed by atoms with Gasteiger partial charge in [0.2, 0.25) is 0 Å². The Morgan fingerprint density at radius 1 is 1.44 bits per heavy atom. The quantitative estimate of drug-likeness (QED) is 0.189. The Morgan fingerprint density at radius 2 is 1.44 bits per heavy atom. The normalized spacial score (nSPS) is 5.33. The fourth-order valence-corrected chi connectivity index (χ4v) is 0. The number of rotatable bonds is 0. The van der Waals surface area contributed by atoms with Gasteiger partial charge in [-0.05, 0) is 6.92 Å². The molecule has 0 radical (unpaired) electrons. The minimum Gasteiger partial charge on any atom is -0.784 e. The Bertz CT molecular complexity index is 64.1. The molecule has 3 nitrogen and oxygen atoms in total. The zero-order chi connectivity index (χ0) is 6.28. The summed E-state index contributed by atoms with van der Waals surface area (Å²) in [6.07, 6.45) is 1.75. The average molecular weight is 136 g/mol. The van der Waals surface area contributed by atoms with Crippen molar-refractivity contribution in [1.82, 2.24) is 0 Å². The van der Waals surface area contributed by atoms with Crippen LogP contribution in [0.5, 0.6) is 0 Å². The summed E-state index contributed by atoms with van der Waals surface area (Å²) in [6, 6.07) is 0. The number of hydrogen-bond acceptors (Lipinski definition) is 3. The Hall–Kier alpha value is 1.00. The zero-order valence-corrected chi connectivity index (χ0v) is 6.73. The molecule has 0 aliphatic rings. The molecule has 0 aromatic rings. The van der Waals surface area contributed by atoms with E-state index < -0.39 is 11.4 Å². The van der Waals surface area contributed by atoms with Crippen molar-refractivity contribution in [1.29, 1.82) is 0 Å². The second-order valence-electron chi connectivity index (χ2n) is 0.612. The Morgan fingerprint density at radius 3 is 1.44 bits per heavy atom. The Balaban J connectivity index is -0.0000000233.